The zero-order valence-electron chi connectivity index (χ0n) is 15.1. The Hall–Kier alpha value is -2.29. The van der Waals surface area contributed by atoms with Gasteiger partial charge in [-0.05, 0) is 31.0 Å². The van der Waals surface area contributed by atoms with Crippen LogP contribution in [-0.4, -0.2) is 41.7 Å². The van der Waals surface area contributed by atoms with Crippen LogP contribution in [0.15, 0.2) is 22.7 Å². The lowest BCUT2D eigenvalue weighted by molar-refractivity contribution is -0.148. The van der Waals surface area contributed by atoms with Crippen molar-refractivity contribution in [3.05, 3.63) is 28.5 Å². The number of hydrogen-bond donors (Lipinski definition) is 1. The van der Waals surface area contributed by atoms with Crippen LogP contribution >= 0.6 is 15.9 Å². The van der Waals surface area contributed by atoms with Crippen molar-refractivity contribution in [3.63, 3.8) is 0 Å². The molecule has 28 heavy (non-hydrogen) atoms. The van der Waals surface area contributed by atoms with Crippen molar-refractivity contribution in [1.82, 2.24) is 4.90 Å². The molecule has 0 radical (unpaired) electrons. The number of ether oxygens (including phenoxy) is 1. The first-order valence-corrected chi connectivity index (χ1v) is 9.92. The van der Waals surface area contributed by atoms with Gasteiger partial charge in [-0.15, -0.1) is 0 Å². The van der Waals surface area contributed by atoms with Crippen molar-refractivity contribution in [2.24, 2.45) is 11.8 Å². The number of hydrogen-bond acceptors (Lipinski definition) is 5. The SMILES string of the molecule is O=C(COC(=O)CCN1C(=O)C2CCCCC2C1=O)Nc1ccc(Br)cc1F. The molecule has 0 aromatic heterocycles. The Morgan fingerprint density at radius 1 is 1.18 bits per heavy atom. The maximum absolute atomic E-state index is 13.7. The first kappa shape index (κ1) is 20.4. The average molecular weight is 455 g/mol. The van der Waals surface area contributed by atoms with Crippen molar-refractivity contribution in [2.75, 3.05) is 18.5 Å². The van der Waals surface area contributed by atoms with Gasteiger partial charge in [0.1, 0.15) is 5.82 Å². The molecule has 1 aromatic rings. The average Bonchev–Trinajstić information content (AvgIpc) is 2.91. The lowest BCUT2D eigenvalue weighted by Crippen LogP contribution is -2.33. The molecule has 1 saturated carbocycles. The summed E-state index contributed by atoms with van der Waals surface area (Å²) in [6, 6.07) is 4.14. The molecule has 1 aliphatic carbocycles. The van der Waals surface area contributed by atoms with Crippen molar-refractivity contribution in [3.8, 4) is 0 Å². The number of carbonyl (C=O) groups is 4. The highest BCUT2D eigenvalue weighted by Crippen LogP contribution is 2.37. The molecule has 2 unspecified atom stereocenters. The smallest absolute Gasteiger partial charge is 0.308 e. The summed E-state index contributed by atoms with van der Waals surface area (Å²) in [5.41, 5.74) is -0.0277. The quantitative estimate of drug-likeness (QED) is 0.526. The molecule has 2 atom stereocenters. The first-order valence-electron chi connectivity index (χ1n) is 9.12. The molecule has 2 fully saturated rings. The second-order valence-electron chi connectivity index (χ2n) is 6.91. The van der Waals surface area contributed by atoms with E-state index in [1.807, 2.05) is 0 Å². The van der Waals surface area contributed by atoms with Crippen molar-refractivity contribution in [1.29, 1.82) is 0 Å². The Morgan fingerprint density at radius 3 is 2.43 bits per heavy atom. The Labute approximate surface area is 169 Å². The maximum Gasteiger partial charge on any atom is 0.308 e. The number of nitrogens with zero attached hydrogens (tertiary/aromatic N) is 1. The zero-order chi connectivity index (χ0) is 20.3. The highest BCUT2D eigenvalue weighted by molar-refractivity contribution is 9.10. The van der Waals surface area contributed by atoms with Gasteiger partial charge in [0.05, 0.1) is 23.9 Å². The van der Waals surface area contributed by atoms with E-state index in [-0.39, 0.29) is 42.3 Å². The van der Waals surface area contributed by atoms with E-state index in [1.54, 1.807) is 6.07 Å². The Morgan fingerprint density at radius 2 is 1.82 bits per heavy atom. The van der Waals surface area contributed by atoms with Crippen LogP contribution in [-0.2, 0) is 23.9 Å². The normalized spacial score (nSPS) is 21.4. The molecule has 7 nitrogen and oxygen atoms in total. The molecule has 1 aliphatic heterocycles. The lowest BCUT2D eigenvalue weighted by Gasteiger charge is -2.19. The molecule has 9 heteroatoms. The summed E-state index contributed by atoms with van der Waals surface area (Å²) in [6.07, 6.45) is 3.11. The van der Waals surface area contributed by atoms with Gasteiger partial charge in [-0.1, -0.05) is 28.8 Å². The number of benzene rings is 1. The summed E-state index contributed by atoms with van der Waals surface area (Å²) < 4.78 is 19.1. The van der Waals surface area contributed by atoms with E-state index < -0.39 is 24.3 Å². The number of imide groups is 1. The van der Waals surface area contributed by atoms with E-state index in [9.17, 15) is 23.6 Å². The standard InChI is InChI=1S/C19H20BrFN2O5/c20-11-5-6-15(14(21)9-11)22-16(24)10-28-17(25)7-8-23-18(26)12-3-1-2-4-13(12)19(23)27/h5-6,9,12-13H,1-4,7-8,10H2,(H,22,24). The van der Waals surface area contributed by atoms with Crippen LogP contribution in [0.3, 0.4) is 0 Å². The van der Waals surface area contributed by atoms with E-state index in [2.05, 4.69) is 21.2 Å². The number of rotatable bonds is 6. The van der Waals surface area contributed by atoms with E-state index >= 15 is 0 Å². The third-order valence-electron chi connectivity index (χ3n) is 5.04. The number of anilines is 1. The van der Waals surface area contributed by atoms with Crippen molar-refractivity contribution >= 4 is 45.3 Å². The molecular formula is C19H20BrFN2O5. The summed E-state index contributed by atoms with van der Waals surface area (Å²) in [4.78, 5) is 49.5. The van der Waals surface area contributed by atoms with Crippen LogP contribution < -0.4 is 5.32 Å². The maximum atomic E-state index is 13.7. The van der Waals surface area contributed by atoms with Crippen LogP contribution in [0.5, 0.6) is 0 Å². The van der Waals surface area contributed by atoms with Gasteiger partial charge in [-0.3, -0.25) is 24.1 Å². The molecule has 1 aromatic carbocycles. The summed E-state index contributed by atoms with van der Waals surface area (Å²) >= 11 is 3.11. The summed E-state index contributed by atoms with van der Waals surface area (Å²) in [5.74, 6) is -2.97. The second kappa shape index (κ2) is 8.81. The van der Waals surface area contributed by atoms with E-state index in [1.165, 1.54) is 12.1 Å². The van der Waals surface area contributed by atoms with Crippen LogP contribution in [0.2, 0.25) is 0 Å². The fourth-order valence-corrected chi connectivity index (χ4v) is 3.98. The Balaban J connectivity index is 1.44. The molecule has 1 heterocycles. The molecule has 3 rings (SSSR count). The monoisotopic (exact) mass is 454 g/mol. The molecule has 1 N–H and O–H groups in total. The van der Waals surface area contributed by atoms with Gasteiger partial charge < -0.3 is 10.1 Å². The number of fused-ring (bicyclic) bond motifs is 1. The largest absolute Gasteiger partial charge is 0.456 e. The number of carbonyl (C=O) groups excluding carboxylic acids is 4. The van der Waals surface area contributed by atoms with Gasteiger partial charge in [-0.25, -0.2) is 4.39 Å². The van der Waals surface area contributed by atoms with Crippen LogP contribution in [0.4, 0.5) is 10.1 Å². The van der Waals surface area contributed by atoms with Gasteiger partial charge in [0.2, 0.25) is 11.8 Å². The minimum absolute atomic E-state index is 0.0277. The molecule has 1 saturated heterocycles. The van der Waals surface area contributed by atoms with Gasteiger partial charge >= 0.3 is 5.97 Å². The summed E-state index contributed by atoms with van der Waals surface area (Å²) in [5, 5.41) is 2.31. The van der Waals surface area contributed by atoms with Crippen LogP contribution in [0, 0.1) is 17.7 Å². The molecule has 150 valence electrons. The van der Waals surface area contributed by atoms with E-state index in [0.717, 1.165) is 17.7 Å². The third-order valence-corrected chi connectivity index (χ3v) is 5.53. The topological polar surface area (TPSA) is 92.8 Å². The van der Waals surface area contributed by atoms with Gasteiger partial charge in [0.15, 0.2) is 6.61 Å². The summed E-state index contributed by atoms with van der Waals surface area (Å²) in [6.45, 7) is -0.631. The number of amides is 3. The minimum Gasteiger partial charge on any atom is -0.456 e. The molecule has 2 aliphatic rings. The zero-order valence-corrected chi connectivity index (χ0v) is 16.7. The first-order chi connectivity index (χ1) is 13.4. The second-order valence-corrected chi connectivity index (χ2v) is 7.82. The third kappa shape index (κ3) is 4.57. The fourth-order valence-electron chi connectivity index (χ4n) is 3.65. The van der Waals surface area contributed by atoms with Crippen molar-refractivity contribution in [2.45, 2.75) is 32.1 Å². The van der Waals surface area contributed by atoms with Crippen molar-refractivity contribution < 1.29 is 28.3 Å². The number of esters is 1. The number of halogens is 2. The molecular weight excluding hydrogens is 435 g/mol. The van der Waals surface area contributed by atoms with Crippen LogP contribution in [0.1, 0.15) is 32.1 Å². The van der Waals surface area contributed by atoms with Crippen LogP contribution in [0.25, 0.3) is 0 Å². The van der Waals surface area contributed by atoms with Gasteiger partial charge in [0, 0.05) is 11.0 Å². The molecule has 3 amide bonds. The van der Waals surface area contributed by atoms with E-state index in [0.29, 0.717) is 17.3 Å². The predicted molar refractivity (Wildman–Crippen MR) is 100 cm³/mol. The van der Waals surface area contributed by atoms with E-state index in [4.69, 9.17) is 4.74 Å². The van der Waals surface area contributed by atoms with Gasteiger partial charge in [0.25, 0.3) is 5.91 Å². The number of likely N-dealkylation sites (tertiary alicyclic amines) is 1. The summed E-state index contributed by atoms with van der Waals surface area (Å²) in [7, 11) is 0. The van der Waals surface area contributed by atoms with Gasteiger partial charge in [-0.2, -0.15) is 0 Å². The molecule has 0 bridgehead atoms. The lowest BCUT2D eigenvalue weighted by atomic mass is 9.81. The fraction of sp³-hybridized carbons (Fsp3) is 0.474. The molecule has 0 spiro atoms. The predicted octanol–water partition coefficient (Wildman–Crippen LogP) is 2.64. The highest BCUT2D eigenvalue weighted by atomic mass is 79.9. The Bertz CT molecular complexity index is 792. The number of nitrogens with one attached hydrogen (secondary N) is 1. The Kier molecular flexibility index (Phi) is 6.43. The minimum atomic E-state index is -0.707. The highest BCUT2D eigenvalue weighted by Gasteiger charge is 2.47.